The van der Waals surface area contributed by atoms with Gasteiger partial charge >= 0.3 is 11.9 Å². The number of carboxylic acids is 1. The molecule has 134 valence electrons. The van der Waals surface area contributed by atoms with Crippen molar-refractivity contribution in [1.82, 2.24) is 0 Å². The Morgan fingerprint density at radius 2 is 1.96 bits per heavy atom. The van der Waals surface area contributed by atoms with E-state index in [1.807, 2.05) is 19.1 Å². The molecule has 1 aromatic rings. The summed E-state index contributed by atoms with van der Waals surface area (Å²) in [4.78, 5) is 37.3. The quantitative estimate of drug-likeness (QED) is 0.599. The second-order valence-electron chi connectivity index (χ2n) is 6.52. The number of fused-ring (bicyclic) bond motifs is 2. The maximum atomic E-state index is 12.8. The van der Waals surface area contributed by atoms with Crippen molar-refractivity contribution in [2.45, 2.75) is 26.2 Å². The number of carbonyl (C=O) groups excluding carboxylic acids is 2. The zero-order chi connectivity index (χ0) is 18.1. The van der Waals surface area contributed by atoms with Crippen LogP contribution >= 0.6 is 11.3 Å². The van der Waals surface area contributed by atoms with Crippen molar-refractivity contribution in [3.8, 4) is 0 Å². The smallest absolute Gasteiger partial charge is 0.340 e. The molecular weight excluding hydrogens is 342 g/mol. The van der Waals surface area contributed by atoms with E-state index in [-0.39, 0.29) is 17.7 Å². The van der Waals surface area contributed by atoms with Crippen molar-refractivity contribution >= 4 is 34.2 Å². The first-order valence-electron chi connectivity index (χ1n) is 8.39. The van der Waals surface area contributed by atoms with Gasteiger partial charge in [0.1, 0.15) is 5.00 Å². The summed E-state index contributed by atoms with van der Waals surface area (Å²) in [6.07, 6.45) is 6.26. The van der Waals surface area contributed by atoms with Crippen LogP contribution in [0.2, 0.25) is 0 Å². The van der Waals surface area contributed by atoms with E-state index in [4.69, 9.17) is 4.74 Å². The van der Waals surface area contributed by atoms with Gasteiger partial charge in [-0.15, -0.1) is 11.3 Å². The van der Waals surface area contributed by atoms with E-state index >= 15 is 0 Å². The molecule has 3 rings (SSSR count). The van der Waals surface area contributed by atoms with Gasteiger partial charge in [0.25, 0.3) is 0 Å². The van der Waals surface area contributed by atoms with E-state index in [2.05, 4.69) is 5.32 Å². The number of aliphatic carboxylic acids is 1. The molecule has 2 aliphatic rings. The molecule has 1 fully saturated rings. The van der Waals surface area contributed by atoms with Crippen LogP contribution in [0.3, 0.4) is 0 Å². The van der Waals surface area contributed by atoms with Crippen LogP contribution in [-0.2, 0) is 20.7 Å². The number of nitrogens with one attached hydrogen (secondary N) is 1. The molecule has 2 aliphatic carbocycles. The van der Waals surface area contributed by atoms with E-state index in [0.717, 1.165) is 17.7 Å². The monoisotopic (exact) mass is 363 g/mol. The Morgan fingerprint density at radius 3 is 2.56 bits per heavy atom. The molecule has 25 heavy (non-hydrogen) atoms. The van der Waals surface area contributed by atoms with Gasteiger partial charge in [-0.05, 0) is 30.7 Å². The highest BCUT2D eigenvalue weighted by Gasteiger charge is 2.51. The van der Waals surface area contributed by atoms with Gasteiger partial charge in [-0.3, -0.25) is 9.59 Å². The van der Waals surface area contributed by atoms with Crippen molar-refractivity contribution in [2.24, 2.45) is 23.7 Å². The van der Waals surface area contributed by atoms with Crippen LogP contribution in [0.1, 0.15) is 35.0 Å². The Morgan fingerprint density at radius 1 is 1.28 bits per heavy atom. The van der Waals surface area contributed by atoms with Crippen LogP contribution in [-0.4, -0.2) is 30.1 Å². The van der Waals surface area contributed by atoms with Crippen LogP contribution in [0, 0.1) is 23.7 Å². The van der Waals surface area contributed by atoms with Gasteiger partial charge < -0.3 is 15.2 Å². The molecule has 0 unspecified atom stereocenters. The highest BCUT2D eigenvalue weighted by Crippen LogP contribution is 2.48. The SMILES string of the molecule is CCCc1cc(C(=O)OC)c(NC(=O)[C@@H]2[C@@H](C(=O)O)[C@H]3C=C[C@@H]2C3)s1. The molecule has 0 radical (unpaired) electrons. The standard InChI is InChI=1S/C18H21NO5S/c1-3-4-11-8-12(18(23)24-2)16(25-11)19-15(20)13-9-5-6-10(7-9)14(13)17(21)22/h5-6,8-10,13-14H,3-4,7H2,1-2H3,(H,19,20)(H,21,22)/t9-,10+,13+,14+/m1/s1. The number of anilines is 1. The molecular formula is C18H21NO5S. The van der Waals surface area contributed by atoms with Crippen LogP contribution in [0.15, 0.2) is 18.2 Å². The zero-order valence-electron chi connectivity index (χ0n) is 14.2. The number of amides is 1. The fraction of sp³-hybridized carbons (Fsp3) is 0.500. The molecule has 1 saturated carbocycles. The summed E-state index contributed by atoms with van der Waals surface area (Å²) in [6, 6.07) is 1.74. The average molecular weight is 363 g/mol. The summed E-state index contributed by atoms with van der Waals surface area (Å²) in [5.41, 5.74) is 0.329. The Bertz CT molecular complexity index is 738. The summed E-state index contributed by atoms with van der Waals surface area (Å²) in [6.45, 7) is 2.04. The van der Waals surface area contributed by atoms with E-state index in [1.165, 1.54) is 18.4 Å². The number of aryl methyl sites for hydroxylation is 1. The molecule has 0 aromatic carbocycles. The van der Waals surface area contributed by atoms with E-state index in [0.29, 0.717) is 17.0 Å². The van der Waals surface area contributed by atoms with Gasteiger partial charge in [-0.2, -0.15) is 0 Å². The number of esters is 1. The number of carboxylic acid groups (broad SMARTS) is 1. The molecule has 6 nitrogen and oxygen atoms in total. The lowest BCUT2D eigenvalue weighted by Crippen LogP contribution is -2.36. The summed E-state index contributed by atoms with van der Waals surface area (Å²) >= 11 is 1.35. The molecule has 2 N–H and O–H groups in total. The minimum Gasteiger partial charge on any atom is -0.481 e. The van der Waals surface area contributed by atoms with Crippen molar-refractivity contribution in [3.63, 3.8) is 0 Å². The number of methoxy groups -OCH3 is 1. The third kappa shape index (κ3) is 3.20. The summed E-state index contributed by atoms with van der Waals surface area (Å²) < 4.78 is 4.80. The first-order valence-corrected chi connectivity index (χ1v) is 9.20. The number of hydrogen-bond donors (Lipinski definition) is 2. The minimum absolute atomic E-state index is 0.0530. The second kappa shape index (κ2) is 7.00. The maximum Gasteiger partial charge on any atom is 0.340 e. The topological polar surface area (TPSA) is 92.7 Å². The van der Waals surface area contributed by atoms with Gasteiger partial charge in [0.05, 0.1) is 24.5 Å². The van der Waals surface area contributed by atoms with Crippen molar-refractivity contribution in [2.75, 3.05) is 12.4 Å². The van der Waals surface area contributed by atoms with E-state index in [1.54, 1.807) is 6.07 Å². The molecule has 2 bridgehead atoms. The highest BCUT2D eigenvalue weighted by molar-refractivity contribution is 7.16. The average Bonchev–Trinajstić information content (AvgIpc) is 3.28. The van der Waals surface area contributed by atoms with Crippen molar-refractivity contribution < 1.29 is 24.2 Å². The van der Waals surface area contributed by atoms with Gasteiger partial charge in [-0.1, -0.05) is 25.5 Å². The minimum atomic E-state index is -0.942. The second-order valence-corrected chi connectivity index (χ2v) is 7.66. The van der Waals surface area contributed by atoms with Gasteiger partial charge in [0, 0.05) is 4.88 Å². The fourth-order valence-corrected chi connectivity index (χ4v) is 5.03. The lowest BCUT2D eigenvalue weighted by atomic mass is 9.82. The van der Waals surface area contributed by atoms with Gasteiger partial charge in [0.2, 0.25) is 5.91 Å². The lowest BCUT2D eigenvalue weighted by Gasteiger charge is -2.23. The number of rotatable bonds is 6. The molecule has 1 heterocycles. The highest BCUT2D eigenvalue weighted by atomic mass is 32.1. The Hall–Kier alpha value is -2.15. The van der Waals surface area contributed by atoms with Gasteiger partial charge in [0.15, 0.2) is 0 Å². The number of ether oxygens (including phenoxy) is 1. The van der Waals surface area contributed by atoms with Crippen molar-refractivity contribution in [1.29, 1.82) is 0 Å². The molecule has 0 saturated heterocycles. The van der Waals surface area contributed by atoms with Crippen LogP contribution < -0.4 is 5.32 Å². The van der Waals surface area contributed by atoms with Crippen LogP contribution in [0.25, 0.3) is 0 Å². The number of hydrogen-bond acceptors (Lipinski definition) is 5. The third-order valence-electron chi connectivity index (χ3n) is 4.97. The predicted molar refractivity (Wildman–Crippen MR) is 93.6 cm³/mol. The normalized spacial score (nSPS) is 26.6. The summed E-state index contributed by atoms with van der Waals surface area (Å²) in [7, 11) is 1.30. The molecule has 1 aromatic heterocycles. The zero-order valence-corrected chi connectivity index (χ0v) is 15.0. The Labute approximate surface area is 149 Å². The predicted octanol–water partition coefficient (Wildman–Crippen LogP) is 2.95. The summed E-state index contributed by atoms with van der Waals surface area (Å²) in [5, 5.41) is 12.7. The number of carbonyl (C=O) groups is 3. The molecule has 1 amide bonds. The number of allylic oxidation sites excluding steroid dienone is 2. The molecule has 7 heteroatoms. The maximum absolute atomic E-state index is 12.8. The largest absolute Gasteiger partial charge is 0.481 e. The first-order chi connectivity index (χ1) is 12.0. The van der Waals surface area contributed by atoms with E-state index < -0.39 is 23.8 Å². The van der Waals surface area contributed by atoms with Crippen LogP contribution in [0.4, 0.5) is 5.00 Å². The Balaban J connectivity index is 1.84. The Kier molecular flexibility index (Phi) is 4.94. The molecule has 0 aliphatic heterocycles. The third-order valence-corrected chi connectivity index (χ3v) is 6.08. The van der Waals surface area contributed by atoms with E-state index in [9.17, 15) is 19.5 Å². The van der Waals surface area contributed by atoms with Crippen LogP contribution in [0.5, 0.6) is 0 Å². The summed E-state index contributed by atoms with van der Waals surface area (Å²) in [5.74, 6) is -3.22. The lowest BCUT2D eigenvalue weighted by molar-refractivity contribution is -0.146. The first kappa shape index (κ1) is 17.7. The molecule has 0 spiro atoms. The van der Waals surface area contributed by atoms with Gasteiger partial charge in [-0.25, -0.2) is 4.79 Å². The van der Waals surface area contributed by atoms with Crippen molar-refractivity contribution in [3.05, 3.63) is 28.7 Å². The molecule has 4 atom stereocenters. The number of thiophene rings is 1. The fourth-order valence-electron chi connectivity index (χ4n) is 3.88.